The second-order valence-corrected chi connectivity index (χ2v) is 12.5. The predicted molar refractivity (Wildman–Crippen MR) is 176 cm³/mol. The molecule has 0 bridgehead atoms. The summed E-state index contributed by atoms with van der Waals surface area (Å²) in [6.07, 6.45) is 4.45. The minimum atomic E-state index is -1.42. The molecule has 274 valence electrons. The molecule has 13 nitrogen and oxygen atoms in total. The summed E-state index contributed by atoms with van der Waals surface area (Å²) in [4.78, 5) is 12.0. The first-order valence-corrected chi connectivity index (χ1v) is 18.2. The molecule has 3 unspecified atom stereocenters. The average Bonchev–Trinajstić information content (AvgIpc) is 3.05. The first kappa shape index (κ1) is 43.4. The fourth-order valence-electron chi connectivity index (χ4n) is 4.47. The van der Waals surface area contributed by atoms with E-state index in [-0.39, 0.29) is 18.4 Å². The van der Waals surface area contributed by atoms with Crippen molar-refractivity contribution in [1.82, 2.24) is 5.32 Å². The second-order valence-electron chi connectivity index (χ2n) is 11.3. The van der Waals surface area contributed by atoms with Crippen LogP contribution in [0, 0.1) is 0 Å². The minimum Gasteiger partial charge on any atom is -0.394 e. The number of hydrogen-bond donors (Lipinski definition) is 5. The Morgan fingerprint density at radius 2 is 1.28 bits per heavy atom. The van der Waals surface area contributed by atoms with Crippen molar-refractivity contribution in [3.05, 3.63) is 0 Å². The summed E-state index contributed by atoms with van der Waals surface area (Å²) < 4.78 is 39.6. The number of rotatable bonds is 32. The van der Waals surface area contributed by atoms with Gasteiger partial charge >= 0.3 is 0 Å². The lowest BCUT2D eigenvalue weighted by Gasteiger charge is -2.39. The third kappa shape index (κ3) is 22.1. The van der Waals surface area contributed by atoms with E-state index < -0.39 is 36.5 Å². The molecule has 0 aromatic heterocycles. The highest BCUT2D eigenvalue weighted by Gasteiger charge is 2.43. The van der Waals surface area contributed by atoms with E-state index in [1.807, 2.05) is 0 Å². The molecule has 1 amide bonds. The Kier molecular flexibility index (Phi) is 28.7. The van der Waals surface area contributed by atoms with Crippen LogP contribution in [0.15, 0.2) is 0 Å². The third-order valence-corrected chi connectivity index (χ3v) is 8.40. The molecule has 1 rings (SSSR count). The number of hydrogen-bond acceptors (Lipinski definition) is 13. The van der Waals surface area contributed by atoms with Crippen LogP contribution in [0.5, 0.6) is 0 Å². The second kappa shape index (κ2) is 30.4. The van der Waals surface area contributed by atoms with Crippen molar-refractivity contribution in [2.24, 2.45) is 0 Å². The summed E-state index contributed by atoms with van der Waals surface area (Å²) in [5.41, 5.74) is -0.844. The van der Waals surface area contributed by atoms with Gasteiger partial charge in [-0.25, -0.2) is 0 Å². The largest absolute Gasteiger partial charge is 0.394 e. The van der Waals surface area contributed by atoms with Crippen LogP contribution < -0.4 is 5.32 Å². The van der Waals surface area contributed by atoms with Crippen molar-refractivity contribution in [3.8, 4) is 0 Å². The van der Waals surface area contributed by atoms with Crippen molar-refractivity contribution in [3.63, 3.8) is 0 Å². The Labute approximate surface area is 280 Å². The molecule has 5 N–H and O–H groups in total. The van der Waals surface area contributed by atoms with E-state index in [1.165, 1.54) is 38.5 Å². The lowest BCUT2D eigenvalue weighted by Crippen LogP contribution is -2.57. The molecular formula is C32H63NO12S. The van der Waals surface area contributed by atoms with E-state index in [1.54, 1.807) is 0 Å². The van der Waals surface area contributed by atoms with Crippen molar-refractivity contribution in [2.45, 2.75) is 108 Å². The molecule has 0 aliphatic carbocycles. The van der Waals surface area contributed by atoms with Crippen LogP contribution >= 0.6 is 11.8 Å². The first-order chi connectivity index (χ1) is 22.4. The first-order valence-electron chi connectivity index (χ1n) is 17.1. The lowest BCUT2D eigenvalue weighted by atomic mass is 10.0. The summed E-state index contributed by atoms with van der Waals surface area (Å²) in [5, 5.41) is 41.7. The zero-order valence-corrected chi connectivity index (χ0v) is 29.0. The van der Waals surface area contributed by atoms with E-state index in [4.69, 9.17) is 33.2 Å². The van der Waals surface area contributed by atoms with E-state index in [0.717, 1.165) is 37.8 Å². The van der Waals surface area contributed by atoms with E-state index in [0.29, 0.717) is 71.8 Å². The molecule has 1 aliphatic rings. The van der Waals surface area contributed by atoms with Crippen LogP contribution in [-0.2, 0) is 38.0 Å². The van der Waals surface area contributed by atoms with E-state index in [2.05, 4.69) is 19.2 Å². The van der Waals surface area contributed by atoms with Gasteiger partial charge in [-0.05, 0) is 12.8 Å². The molecule has 1 heterocycles. The van der Waals surface area contributed by atoms with Gasteiger partial charge < -0.3 is 58.9 Å². The number of thioether (sulfide) groups is 1. The summed E-state index contributed by atoms with van der Waals surface area (Å²) in [6.45, 7) is 9.82. The smallest absolute Gasteiger partial charge is 0.220 e. The van der Waals surface area contributed by atoms with Crippen LogP contribution in [0.25, 0.3) is 0 Å². The molecule has 14 heteroatoms. The monoisotopic (exact) mass is 685 g/mol. The molecule has 1 saturated heterocycles. The van der Waals surface area contributed by atoms with Crippen LogP contribution in [0.1, 0.15) is 71.6 Å². The number of amides is 1. The summed E-state index contributed by atoms with van der Waals surface area (Å²) in [6, 6.07) is 0. The van der Waals surface area contributed by atoms with E-state index >= 15 is 0 Å². The van der Waals surface area contributed by atoms with E-state index in [9.17, 15) is 25.2 Å². The Bertz CT molecular complexity index is 695. The number of carbonyl (C=O) groups excluding carboxylic acids is 1. The van der Waals surface area contributed by atoms with Gasteiger partial charge in [0.15, 0.2) is 0 Å². The summed E-state index contributed by atoms with van der Waals surface area (Å²) in [5.74, 6) is 0.148. The van der Waals surface area contributed by atoms with Gasteiger partial charge in [0.25, 0.3) is 0 Å². The van der Waals surface area contributed by atoms with Gasteiger partial charge in [-0.1, -0.05) is 52.4 Å². The molecule has 1 aliphatic heterocycles. The lowest BCUT2D eigenvalue weighted by molar-refractivity contribution is -0.205. The Morgan fingerprint density at radius 1 is 0.717 bits per heavy atom. The van der Waals surface area contributed by atoms with Crippen molar-refractivity contribution < 1.29 is 58.4 Å². The number of unbranched alkanes of at least 4 members (excludes halogenated alkanes) is 6. The molecule has 0 spiro atoms. The molecule has 0 aromatic carbocycles. The summed E-state index contributed by atoms with van der Waals surface area (Å²) >= 11 is 1.14. The zero-order chi connectivity index (χ0) is 33.7. The summed E-state index contributed by atoms with van der Waals surface area (Å²) in [7, 11) is 0. The number of carbonyl (C=O) groups is 1. The maximum atomic E-state index is 12.0. The molecule has 46 heavy (non-hydrogen) atoms. The Balaban J connectivity index is 1.96. The highest BCUT2D eigenvalue weighted by Crippen LogP contribution is 2.28. The molecule has 0 saturated carbocycles. The van der Waals surface area contributed by atoms with Crippen LogP contribution in [-0.4, -0.2) is 154 Å². The minimum absolute atomic E-state index is 0.0616. The fraction of sp³-hybridized carbons (Fsp3) is 0.969. The number of nitrogens with one attached hydrogen (secondary N) is 1. The number of aliphatic hydroxyl groups is 4. The molecule has 6 atom stereocenters. The molecular weight excluding hydrogens is 622 g/mol. The van der Waals surface area contributed by atoms with Gasteiger partial charge in [-0.2, -0.15) is 0 Å². The highest BCUT2D eigenvalue weighted by atomic mass is 32.2. The maximum Gasteiger partial charge on any atom is 0.220 e. The Hall–Kier alpha value is -0.620. The van der Waals surface area contributed by atoms with Gasteiger partial charge in [0.1, 0.15) is 36.0 Å². The highest BCUT2D eigenvalue weighted by molar-refractivity contribution is 7.99. The predicted octanol–water partition coefficient (Wildman–Crippen LogP) is 1.65. The number of aliphatic hydroxyl groups excluding tert-OH is 4. The van der Waals surface area contributed by atoms with Gasteiger partial charge in [-0.3, -0.25) is 4.79 Å². The van der Waals surface area contributed by atoms with Crippen molar-refractivity contribution >= 4 is 17.7 Å². The Morgan fingerprint density at radius 3 is 1.89 bits per heavy atom. The molecule has 0 aromatic rings. The van der Waals surface area contributed by atoms with Gasteiger partial charge in [0.05, 0.1) is 66.1 Å². The average molecular weight is 686 g/mol. The SMILES string of the molecule is CCCCCCOCC(COCCOCCOCCOCCNC(=O)CCS[C@@H]1OC(CO)[C@H](O)[C@H](O)C1O)OCCCCCC. The van der Waals surface area contributed by atoms with Crippen LogP contribution in [0.3, 0.4) is 0 Å². The standard InChI is InChI=1S/C32H63NO12S/c1-3-5-7-9-13-42-24-26(44-14-10-8-6-4-2)25-43-21-20-41-19-18-40-17-16-39-15-12-33-28(35)11-22-46-32-31(38)30(37)29(36)27(23-34)45-32/h26-27,29-32,34,36-38H,3-25H2,1-2H3,(H,33,35)/t26?,27?,29-,30-,31?,32-/m0/s1. The quantitative estimate of drug-likeness (QED) is 0.0648. The molecule has 0 radical (unpaired) electrons. The fourth-order valence-corrected chi connectivity index (χ4v) is 5.58. The van der Waals surface area contributed by atoms with Crippen LogP contribution in [0.2, 0.25) is 0 Å². The van der Waals surface area contributed by atoms with Gasteiger partial charge in [0, 0.05) is 31.9 Å². The van der Waals surface area contributed by atoms with Crippen LogP contribution in [0.4, 0.5) is 0 Å². The van der Waals surface area contributed by atoms with Gasteiger partial charge in [0.2, 0.25) is 5.91 Å². The topological polar surface area (TPSA) is 175 Å². The number of ether oxygens (including phenoxy) is 7. The zero-order valence-electron chi connectivity index (χ0n) is 28.2. The third-order valence-electron chi connectivity index (χ3n) is 7.25. The molecule has 1 fully saturated rings. The van der Waals surface area contributed by atoms with Crippen molar-refractivity contribution in [2.75, 3.05) is 91.6 Å². The maximum absolute atomic E-state index is 12.0. The van der Waals surface area contributed by atoms with Crippen molar-refractivity contribution in [1.29, 1.82) is 0 Å². The van der Waals surface area contributed by atoms with Gasteiger partial charge in [-0.15, -0.1) is 11.8 Å². The normalized spacial score (nSPS) is 22.3.